The summed E-state index contributed by atoms with van der Waals surface area (Å²) >= 11 is 0. The fraction of sp³-hybridized carbons (Fsp3) is 0.103. The van der Waals surface area contributed by atoms with Gasteiger partial charge in [-0.2, -0.15) is 0 Å². The topological polar surface area (TPSA) is 82.3 Å². The van der Waals surface area contributed by atoms with E-state index in [1.165, 1.54) is 0 Å². The molecule has 0 bridgehead atoms. The van der Waals surface area contributed by atoms with Crippen molar-refractivity contribution in [3.63, 3.8) is 0 Å². The van der Waals surface area contributed by atoms with Crippen molar-refractivity contribution in [1.82, 2.24) is 0 Å². The molecule has 0 aliphatic heterocycles. The van der Waals surface area contributed by atoms with Crippen LogP contribution in [0.25, 0.3) is 0 Å². The first-order valence-electron chi connectivity index (χ1n) is 11.4. The molecule has 0 aromatic heterocycles. The lowest BCUT2D eigenvalue weighted by atomic mass is 10.0. The van der Waals surface area contributed by atoms with Gasteiger partial charge in [-0.3, -0.25) is 0 Å². The highest BCUT2D eigenvalue weighted by molar-refractivity contribution is 6.00. The lowest BCUT2D eigenvalue weighted by Gasteiger charge is -2.11. The molecule has 6 heteroatoms. The Bertz CT molecular complexity index is 1210. The van der Waals surface area contributed by atoms with Crippen LogP contribution in [0, 0.1) is 13.8 Å². The van der Waals surface area contributed by atoms with E-state index in [1.54, 1.807) is 0 Å². The van der Waals surface area contributed by atoms with Crippen LogP contribution in [-0.4, -0.2) is 12.1 Å². The lowest BCUT2D eigenvalue weighted by molar-refractivity contribution is 0.261. The third-order valence-corrected chi connectivity index (χ3v) is 5.62. The molecule has 4 aromatic rings. The van der Waals surface area contributed by atoms with Crippen molar-refractivity contribution in [1.29, 1.82) is 0 Å². The molecule has 0 aliphatic carbocycles. The van der Waals surface area contributed by atoms with Gasteiger partial charge in [0.15, 0.2) is 0 Å². The van der Waals surface area contributed by atoms with Crippen LogP contribution in [0.4, 0.5) is 32.3 Å². The van der Waals surface area contributed by atoms with Crippen molar-refractivity contribution in [2.75, 3.05) is 21.3 Å². The van der Waals surface area contributed by atoms with Crippen LogP contribution in [0.15, 0.2) is 97.1 Å². The van der Waals surface area contributed by atoms with Gasteiger partial charge in [-0.25, -0.2) is 9.59 Å². The van der Waals surface area contributed by atoms with E-state index in [0.29, 0.717) is 0 Å². The normalized spacial score (nSPS) is 10.3. The Hall–Kier alpha value is -4.58. The van der Waals surface area contributed by atoms with Gasteiger partial charge in [-0.15, -0.1) is 0 Å². The molecule has 0 unspecified atom stereocenters. The zero-order valence-corrected chi connectivity index (χ0v) is 19.8. The number of hydrogen-bond acceptors (Lipinski definition) is 2. The number of para-hydroxylation sites is 2. The van der Waals surface area contributed by atoms with E-state index in [-0.39, 0.29) is 12.1 Å². The molecule has 0 heterocycles. The second-order valence-corrected chi connectivity index (χ2v) is 8.36. The maximum absolute atomic E-state index is 12.3. The Morgan fingerprint density at radius 3 is 1.26 bits per heavy atom. The minimum atomic E-state index is -0.276. The molecule has 0 saturated carbocycles. The summed E-state index contributed by atoms with van der Waals surface area (Å²) < 4.78 is 0. The zero-order chi connectivity index (χ0) is 24.6. The maximum atomic E-state index is 12.3. The Labute approximate surface area is 205 Å². The number of nitrogens with one attached hydrogen (secondary N) is 4. The molecule has 6 nitrogen and oxygen atoms in total. The highest BCUT2D eigenvalue weighted by atomic mass is 16.2. The van der Waals surface area contributed by atoms with Gasteiger partial charge in [0.1, 0.15) is 0 Å². The van der Waals surface area contributed by atoms with Crippen LogP contribution in [0.3, 0.4) is 0 Å². The van der Waals surface area contributed by atoms with Crippen molar-refractivity contribution >= 4 is 34.8 Å². The predicted octanol–water partition coefficient (Wildman–Crippen LogP) is 7.18. The molecular weight excluding hydrogens is 436 g/mol. The van der Waals surface area contributed by atoms with Crippen molar-refractivity contribution in [3.8, 4) is 0 Å². The Morgan fingerprint density at radius 2 is 0.886 bits per heavy atom. The van der Waals surface area contributed by atoms with Crippen molar-refractivity contribution in [2.24, 2.45) is 0 Å². The first-order chi connectivity index (χ1) is 17.0. The largest absolute Gasteiger partial charge is 0.323 e. The first-order valence-corrected chi connectivity index (χ1v) is 11.4. The van der Waals surface area contributed by atoms with Gasteiger partial charge < -0.3 is 21.3 Å². The molecule has 0 radical (unpaired) electrons. The molecule has 0 saturated heterocycles. The van der Waals surface area contributed by atoms with Gasteiger partial charge in [0.2, 0.25) is 0 Å². The number of rotatable bonds is 6. The standard InChI is InChI=1S/C29H28N4O2/c1-20-7-3-5-9-26(20)32-28(34)30-24-15-11-22(12-16-24)19-23-13-17-25(18-14-23)31-29(35)33-27-10-6-4-8-21(27)2/h3-18H,19H2,1-2H3,(H2,30,32,34)(H2,31,33,35). The number of carbonyl (C=O) groups is 2. The zero-order valence-electron chi connectivity index (χ0n) is 19.8. The highest BCUT2D eigenvalue weighted by Crippen LogP contribution is 2.18. The van der Waals surface area contributed by atoms with Crippen molar-refractivity contribution in [2.45, 2.75) is 20.3 Å². The summed E-state index contributed by atoms with van der Waals surface area (Å²) in [6.07, 6.45) is 0.741. The van der Waals surface area contributed by atoms with E-state index >= 15 is 0 Å². The van der Waals surface area contributed by atoms with Crippen LogP contribution in [0.5, 0.6) is 0 Å². The molecule has 0 fully saturated rings. The molecule has 176 valence electrons. The van der Waals surface area contributed by atoms with Crippen LogP contribution >= 0.6 is 0 Å². The van der Waals surface area contributed by atoms with Gasteiger partial charge in [0.05, 0.1) is 0 Å². The second-order valence-electron chi connectivity index (χ2n) is 8.36. The quantitative estimate of drug-likeness (QED) is 0.244. The minimum Gasteiger partial charge on any atom is -0.308 e. The third kappa shape index (κ3) is 6.71. The van der Waals surface area contributed by atoms with Gasteiger partial charge >= 0.3 is 12.1 Å². The predicted molar refractivity (Wildman–Crippen MR) is 143 cm³/mol. The summed E-state index contributed by atoms with van der Waals surface area (Å²) in [6, 6.07) is 30.3. The molecule has 4 amide bonds. The second kappa shape index (κ2) is 11.0. The number of urea groups is 2. The smallest absolute Gasteiger partial charge is 0.308 e. The molecule has 0 atom stereocenters. The molecule has 4 aromatic carbocycles. The van der Waals surface area contributed by atoms with Gasteiger partial charge in [-0.1, -0.05) is 60.7 Å². The number of amides is 4. The van der Waals surface area contributed by atoms with E-state index < -0.39 is 0 Å². The number of benzene rings is 4. The lowest BCUT2D eigenvalue weighted by Crippen LogP contribution is -2.19. The molecule has 4 N–H and O–H groups in total. The summed E-state index contributed by atoms with van der Waals surface area (Å²) in [5.74, 6) is 0. The SMILES string of the molecule is Cc1ccccc1NC(=O)Nc1ccc(Cc2ccc(NC(=O)Nc3ccccc3C)cc2)cc1. The molecule has 4 rings (SSSR count). The van der Waals surface area contributed by atoms with Crippen LogP contribution < -0.4 is 21.3 Å². The fourth-order valence-electron chi connectivity index (χ4n) is 3.64. The molecule has 0 aliphatic rings. The van der Waals surface area contributed by atoms with E-state index in [2.05, 4.69) is 21.3 Å². The number of hydrogen-bond donors (Lipinski definition) is 4. The summed E-state index contributed by atoms with van der Waals surface area (Å²) in [7, 11) is 0. The number of anilines is 4. The van der Waals surface area contributed by atoms with Gasteiger partial charge in [0.25, 0.3) is 0 Å². The Morgan fingerprint density at radius 1 is 0.514 bits per heavy atom. The van der Waals surface area contributed by atoms with Crippen LogP contribution in [0.2, 0.25) is 0 Å². The average Bonchev–Trinajstić information content (AvgIpc) is 2.84. The maximum Gasteiger partial charge on any atom is 0.323 e. The van der Waals surface area contributed by atoms with Crippen LogP contribution in [0.1, 0.15) is 22.3 Å². The number of carbonyl (C=O) groups excluding carboxylic acids is 2. The Kier molecular flexibility index (Phi) is 7.43. The van der Waals surface area contributed by atoms with E-state index in [4.69, 9.17) is 0 Å². The summed E-state index contributed by atoms with van der Waals surface area (Å²) in [5.41, 5.74) is 7.26. The summed E-state index contributed by atoms with van der Waals surface area (Å²) in [6.45, 7) is 3.90. The average molecular weight is 465 g/mol. The van der Waals surface area contributed by atoms with Crippen molar-refractivity contribution < 1.29 is 9.59 Å². The molecule has 0 spiro atoms. The first kappa shape index (κ1) is 23.6. The van der Waals surface area contributed by atoms with Crippen LogP contribution in [-0.2, 0) is 6.42 Å². The monoisotopic (exact) mass is 464 g/mol. The Balaban J connectivity index is 1.28. The summed E-state index contributed by atoms with van der Waals surface area (Å²) in [5, 5.41) is 11.4. The van der Waals surface area contributed by atoms with Gasteiger partial charge in [0, 0.05) is 22.7 Å². The van der Waals surface area contributed by atoms with Gasteiger partial charge in [-0.05, 0) is 78.9 Å². The van der Waals surface area contributed by atoms with Crippen molar-refractivity contribution in [3.05, 3.63) is 119 Å². The van der Waals surface area contributed by atoms with E-state index in [9.17, 15) is 9.59 Å². The summed E-state index contributed by atoms with van der Waals surface area (Å²) in [4.78, 5) is 24.6. The van der Waals surface area contributed by atoms with E-state index in [0.717, 1.165) is 51.4 Å². The number of aryl methyl sites for hydroxylation is 2. The minimum absolute atomic E-state index is 0.276. The fourth-order valence-corrected chi connectivity index (χ4v) is 3.64. The molecule has 35 heavy (non-hydrogen) atoms. The molecular formula is C29H28N4O2. The van der Waals surface area contributed by atoms with E-state index in [1.807, 2.05) is 111 Å². The highest BCUT2D eigenvalue weighted by Gasteiger charge is 2.06. The third-order valence-electron chi connectivity index (χ3n) is 5.62.